The van der Waals surface area contributed by atoms with E-state index in [1.165, 1.54) is 0 Å². The Morgan fingerprint density at radius 2 is 1.83 bits per heavy atom. The summed E-state index contributed by atoms with van der Waals surface area (Å²) < 4.78 is 10.9. The predicted molar refractivity (Wildman–Crippen MR) is 117 cm³/mol. The number of hydrogen-bond acceptors (Lipinski definition) is 5. The van der Waals surface area contributed by atoms with Crippen molar-refractivity contribution in [2.45, 2.75) is 12.6 Å². The Hall–Kier alpha value is -2.83. The van der Waals surface area contributed by atoms with Crippen LogP contribution in [0.15, 0.2) is 66.0 Å². The van der Waals surface area contributed by atoms with E-state index in [-0.39, 0.29) is 18.5 Å². The highest BCUT2D eigenvalue weighted by atomic mass is 32.1. The zero-order valence-electron chi connectivity index (χ0n) is 16.9. The number of rotatable bonds is 9. The molecule has 6 heteroatoms. The third-order valence-electron chi connectivity index (χ3n) is 4.60. The predicted octanol–water partition coefficient (Wildman–Crippen LogP) is 4.10. The summed E-state index contributed by atoms with van der Waals surface area (Å²) in [4.78, 5) is 15.9. The molecule has 0 saturated carbocycles. The summed E-state index contributed by atoms with van der Waals surface area (Å²) in [6.45, 7) is 0.845. The van der Waals surface area contributed by atoms with Gasteiger partial charge in [-0.05, 0) is 30.1 Å². The molecule has 0 aliphatic carbocycles. The lowest BCUT2D eigenvalue weighted by molar-refractivity contribution is -0.122. The number of nitrogens with one attached hydrogen (secondary N) is 1. The maximum absolute atomic E-state index is 12.8. The van der Waals surface area contributed by atoms with Crippen LogP contribution in [0.3, 0.4) is 0 Å². The number of ether oxygens (including phenoxy) is 2. The van der Waals surface area contributed by atoms with E-state index in [1.54, 1.807) is 25.6 Å². The van der Waals surface area contributed by atoms with Gasteiger partial charge in [-0.2, -0.15) is 0 Å². The highest BCUT2D eigenvalue weighted by Gasteiger charge is 2.19. The Labute approximate surface area is 175 Å². The van der Waals surface area contributed by atoms with E-state index in [0.717, 1.165) is 16.0 Å². The van der Waals surface area contributed by atoms with E-state index in [9.17, 15) is 4.79 Å². The van der Waals surface area contributed by atoms with Crippen LogP contribution in [0.2, 0.25) is 0 Å². The van der Waals surface area contributed by atoms with Crippen LogP contribution in [-0.4, -0.2) is 38.6 Å². The molecule has 3 rings (SSSR count). The van der Waals surface area contributed by atoms with Crippen LogP contribution in [-0.2, 0) is 11.3 Å². The van der Waals surface area contributed by atoms with Gasteiger partial charge in [-0.15, -0.1) is 11.3 Å². The molecule has 5 nitrogen and oxygen atoms in total. The molecule has 0 bridgehead atoms. The van der Waals surface area contributed by atoms with Crippen LogP contribution in [0.1, 0.15) is 22.0 Å². The molecule has 0 radical (unpaired) electrons. The second-order valence-corrected chi connectivity index (χ2v) is 7.73. The summed E-state index contributed by atoms with van der Waals surface area (Å²) in [5, 5.41) is 5.20. The van der Waals surface area contributed by atoms with Crippen molar-refractivity contribution in [3.63, 3.8) is 0 Å². The number of benzene rings is 2. The minimum Gasteiger partial charge on any atom is -0.493 e. The Morgan fingerprint density at radius 1 is 1.03 bits per heavy atom. The molecule has 0 aliphatic heterocycles. The van der Waals surface area contributed by atoms with E-state index in [4.69, 9.17) is 9.47 Å². The van der Waals surface area contributed by atoms with E-state index in [0.29, 0.717) is 18.0 Å². The van der Waals surface area contributed by atoms with Gasteiger partial charge in [-0.1, -0.05) is 48.5 Å². The second kappa shape index (κ2) is 10.1. The van der Waals surface area contributed by atoms with Crippen LogP contribution in [0.4, 0.5) is 0 Å². The molecule has 1 atom stereocenters. The third kappa shape index (κ3) is 5.37. The minimum absolute atomic E-state index is 0.0309. The van der Waals surface area contributed by atoms with Gasteiger partial charge in [0.2, 0.25) is 5.91 Å². The number of hydrogen-bond donors (Lipinski definition) is 1. The fourth-order valence-corrected chi connectivity index (χ4v) is 4.10. The number of thiophene rings is 1. The summed E-state index contributed by atoms with van der Waals surface area (Å²) in [6, 6.07) is 19.7. The maximum atomic E-state index is 12.8. The second-order valence-electron chi connectivity index (χ2n) is 6.75. The van der Waals surface area contributed by atoms with Gasteiger partial charge in [-0.3, -0.25) is 9.69 Å². The molecule has 0 fully saturated rings. The molecule has 1 amide bonds. The van der Waals surface area contributed by atoms with Crippen molar-refractivity contribution >= 4 is 17.2 Å². The first-order valence-electron chi connectivity index (χ1n) is 9.38. The fraction of sp³-hybridized carbons (Fsp3) is 0.261. The normalized spacial score (nSPS) is 11.9. The Balaban J connectivity index is 1.68. The van der Waals surface area contributed by atoms with Crippen molar-refractivity contribution in [2.24, 2.45) is 0 Å². The van der Waals surface area contributed by atoms with Gasteiger partial charge in [0.05, 0.1) is 26.8 Å². The summed E-state index contributed by atoms with van der Waals surface area (Å²) in [6.07, 6.45) is 0. The van der Waals surface area contributed by atoms with Crippen LogP contribution < -0.4 is 14.8 Å². The number of methoxy groups -OCH3 is 2. The van der Waals surface area contributed by atoms with E-state index >= 15 is 0 Å². The fourth-order valence-electron chi connectivity index (χ4n) is 3.30. The molecular formula is C23H26N2O3S. The molecule has 0 saturated heterocycles. The van der Waals surface area contributed by atoms with Crippen molar-refractivity contribution in [1.82, 2.24) is 10.2 Å². The maximum Gasteiger partial charge on any atom is 0.234 e. The lowest BCUT2D eigenvalue weighted by Gasteiger charge is -2.22. The monoisotopic (exact) mass is 410 g/mol. The SMILES string of the molecule is COc1cccc(CN(C)CC(=O)N[C@H](c2ccccc2)c2cccs2)c1OC. The first-order chi connectivity index (χ1) is 14.1. The average molecular weight is 411 g/mol. The number of amides is 1. The van der Waals surface area contributed by atoms with Crippen molar-refractivity contribution in [3.05, 3.63) is 82.0 Å². The number of likely N-dealkylation sites (N-methyl/N-ethyl adjacent to an activating group) is 1. The molecule has 1 heterocycles. The first kappa shape index (κ1) is 20.9. The summed E-state index contributed by atoms with van der Waals surface area (Å²) in [7, 11) is 5.16. The smallest absolute Gasteiger partial charge is 0.234 e. The van der Waals surface area contributed by atoms with Crippen LogP contribution >= 0.6 is 11.3 Å². The number of carbonyl (C=O) groups is 1. The average Bonchev–Trinajstić information content (AvgIpc) is 3.26. The summed E-state index contributed by atoms with van der Waals surface area (Å²) in [5.74, 6) is 1.35. The molecule has 152 valence electrons. The molecule has 0 aliphatic rings. The number of para-hydroxylation sites is 1. The van der Waals surface area contributed by atoms with E-state index in [1.807, 2.05) is 78.0 Å². The van der Waals surface area contributed by atoms with E-state index in [2.05, 4.69) is 5.32 Å². The largest absolute Gasteiger partial charge is 0.493 e. The van der Waals surface area contributed by atoms with Crippen molar-refractivity contribution < 1.29 is 14.3 Å². The Bertz CT molecular complexity index is 913. The number of nitrogens with zero attached hydrogens (tertiary/aromatic N) is 1. The van der Waals surface area contributed by atoms with Crippen molar-refractivity contribution in [3.8, 4) is 11.5 Å². The van der Waals surface area contributed by atoms with Crippen LogP contribution in [0.25, 0.3) is 0 Å². The van der Waals surface area contributed by atoms with Crippen LogP contribution in [0.5, 0.6) is 11.5 Å². The molecule has 3 aromatic rings. The highest BCUT2D eigenvalue weighted by molar-refractivity contribution is 7.10. The molecule has 0 unspecified atom stereocenters. The first-order valence-corrected chi connectivity index (χ1v) is 10.3. The lowest BCUT2D eigenvalue weighted by atomic mass is 10.1. The lowest BCUT2D eigenvalue weighted by Crippen LogP contribution is -2.37. The summed E-state index contributed by atoms with van der Waals surface area (Å²) in [5.41, 5.74) is 2.04. The molecule has 0 spiro atoms. The van der Waals surface area contributed by atoms with Crippen LogP contribution in [0, 0.1) is 0 Å². The molecule has 1 aromatic heterocycles. The highest BCUT2D eigenvalue weighted by Crippen LogP contribution is 2.31. The molecule has 2 aromatic carbocycles. The van der Waals surface area contributed by atoms with Crippen molar-refractivity contribution in [2.75, 3.05) is 27.8 Å². The topological polar surface area (TPSA) is 50.8 Å². The molecular weight excluding hydrogens is 384 g/mol. The van der Waals surface area contributed by atoms with Gasteiger partial charge in [0.25, 0.3) is 0 Å². The quantitative estimate of drug-likeness (QED) is 0.577. The molecule has 1 N–H and O–H groups in total. The molecule has 29 heavy (non-hydrogen) atoms. The third-order valence-corrected chi connectivity index (χ3v) is 5.54. The van der Waals surface area contributed by atoms with E-state index < -0.39 is 0 Å². The summed E-state index contributed by atoms with van der Waals surface area (Å²) >= 11 is 1.64. The minimum atomic E-state index is -0.150. The van der Waals surface area contributed by atoms with Gasteiger partial charge in [-0.25, -0.2) is 0 Å². The van der Waals surface area contributed by atoms with Crippen molar-refractivity contribution in [1.29, 1.82) is 0 Å². The van der Waals surface area contributed by atoms with Gasteiger partial charge in [0.15, 0.2) is 11.5 Å². The van der Waals surface area contributed by atoms with Gasteiger partial charge >= 0.3 is 0 Å². The Kier molecular flexibility index (Phi) is 7.27. The Morgan fingerprint density at radius 3 is 2.48 bits per heavy atom. The van der Waals surface area contributed by atoms with Gasteiger partial charge in [0.1, 0.15) is 0 Å². The number of carbonyl (C=O) groups excluding carboxylic acids is 1. The zero-order chi connectivity index (χ0) is 20.6. The van der Waals surface area contributed by atoms with Gasteiger partial charge in [0, 0.05) is 17.0 Å². The zero-order valence-corrected chi connectivity index (χ0v) is 17.7. The standard InChI is InChI=1S/C23H26N2O3S/c1-25(15-18-11-7-12-19(27-2)23(18)28-3)16-21(26)24-22(20-13-8-14-29-20)17-9-5-4-6-10-17/h4-14,22H,15-16H2,1-3H3,(H,24,26)/t22-/m1/s1. The van der Waals surface area contributed by atoms with Gasteiger partial charge < -0.3 is 14.8 Å².